The predicted molar refractivity (Wildman–Crippen MR) is 227 cm³/mol. The lowest BCUT2D eigenvalue weighted by Gasteiger charge is -2.17. The summed E-state index contributed by atoms with van der Waals surface area (Å²) in [5.41, 5.74) is 9.16. The highest BCUT2D eigenvalue weighted by molar-refractivity contribution is 6.05. The highest BCUT2D eigenvalue weighted by Crippen LogP contribution is 2.48. The van der Waals surface area contributed by atoms with Crippen LogP contribution in [-0.4, -0.2) is 66.4 Å². The molecule has 1 atom stereocenters. The molecule has 2 N–H and O–H groups in total. The molecule has 61 heavy (non-hydrogen) atoms. The summed E-state index contributed by atoms with van der Waals surface area (Å²) < 4.78 is 10.6. The highest BCUT2D eigenvalue weighted by Gasteiger charge is 2.36. The van der Waals surface area contributed by atoms with E-state index in [0.29, 0.717) is 42.3 Å². The number of ketones is 1. The second-order valence-electron chi connectivity index (χ2n) is 15.2. The van der Waals surface area contributed by atoms with Gasteiger partial charge in [-0.05, 0) is 75.9 Å². The Balaban J connectivity index is 0.000000285. The first-order valence-corrected chi connectivity index (χ1v) is 20.9. The van der Waals surface area contributed by atoms with E-state index in [-0.39, 0.29) is 61.8 Å². The van der Waals surface area contributed by atoms with Crippen molar-refractivity contribution in [3.05, 3.63) is 113 Å². The van der Waals surface area contributed by atoms with Crippen molar-refractivity contribution in [2.45, 2.75) is 90.4 Å². The van der Waals surface area contributed by atoms with Crippen molar-refractivity contribution in [3.63, 3.8) is 0 Å². The molecule has 0 bridgehead atoms. The Hall–Kier alpha value is -6.63. The number of hydrogen-bond acceptors (Lipinski definition) is 10. The van der Waals surface area contributed by atoms with Crippen molar-refractivity contribution in [2.24, 2.45) is 0 Å². The van der Waals surface area contributed by atoms with Crippen LogP contribution in [0.5, 0.6) is 0 Å². The van der Waals surface area contributed by atoms with E-state index in [1.165, 1.54) is 29.2 Å². The van der Waals surface area contributed by atoms with E-state index >= 15 is 0 Å². The quantitative estimate of drug-likeness (QED) is 0.0634. The average Bonchev–Trinajstić information content (AvgIpc) is 3.87. The SMILES string of the molecule is CC(=O)OCC1c2ccccc2-c2ccccc21.CCCCC(=O)c1cccc2c1-c1ccc(NC(=O)CCCC(=O)NCCC)cc1C2COC(=O)ON1C(=O)CCC1=O. The van der Waals surface area contributed by atoms with Crippen molar-refractivity contribution in [1.82, 2.24) is 10.4 Å². The van der Waals surface area contributed by atoms with Gasteiger partial charge >= 0.3 is 12.1 Å². The third-order valence-corrected chi connectivity index (χ3v) is 10.8. The Bertz CT molecular complexity index is 2260. The standard InChI is InChI=1S/C32H37N3O8.C16H14O2/c1-3-5-10-26(36)23-9-6-8-21-25(19-42-32(41)43-35-29(39)15-16-30(35)40)24-18-20(13-14-22(24)31(21)23)34-28(38)12-7-11-27(37)33-17-4-2;1-11(17)18-10-16-14-8-4-2-6-12(14)13-7-3-5-9-15(13)16/h6,8-9,13-14,18,25H,3-5,7,10-12,15-17,19H2,1-2H3,(H,33,37)(H,34,38);2-9,16H,10H2,1H3. The van der Waals surface area contributed by atoms with Crippen LogP contribution in [0.3, 0.4) is 0 Å². The number of anilines is 1. The average molecular weight is 830 g/mol. The Labute approximate surface area is 355 Å². The number of carbonyl (C=O) groups is 7. The van der Waals surface area contributed by atoms with Crippen molar-refractivity contribution in [3.8, 4) is 22.3 Å². The normalized spacial score (nSPS) is 14.5. The smallest absolute Gasteiger partial charge is 0.465 e. The van der Waals surface area contributed by atoms with E-state index in [1.54, 1.807) is 24.3 Å². The number of unbranched alkanes of at least 4 members (excludes halogenated alkanes) is 1. The van der Waals surface area contributed by atoms with Crippen LogP contribution in [0.25, 0.3) is 22.3 Å². The molecule has 1 fully saturated rings. The number of rotatable bonds is 16. The molecular formula is C48H51N3O10. The minimum absolute atomic E-state index is 0.0111. The highest BCUT2D eigenvalue weighted by atomic mass is 16.8. The van der Waals surface area contributed by atoms with Crippen molar-refractivity contribution < 1.29 is 47.9 Å². The van der Waals surface area contributed by atoms with Gasteiger partial charge in [-0.1, -0.05) is 98.1 Å². The summed E-state index contributed by atoms with van der Waals surface area (Å²) in [5.74, 6) is -2.11. The van der Waals surface area contributed by atoms with E-state index in [4.69, 9.17) is 14.3 Å². The van der Waals surface area contributed by atoms with Crippen LogP contribution in [0.15, 0.2) is 84.9 Å². The number of imide groups is 1. The van der Waals surface area contributed by atoms with Gasteiger partial charge in [0.15, 0.2) is 5.78 Å². The number of carbonyl (C=O) groups excluding carboxylic acids is 7. The Morgan fingerprint density at radius 3 is 1.93 bits per heavy atom. The molecule has 1 aliphatic heterocycles. The van der Waals surface area contributed by atoms with E-state index in [1.807, 2.05) is 50.2 Å². The molecule has 2 aliphatic carbocycles. The molecule has 1 unspecified atom stereocenters. The molecule has 0 spiro atoms. The van der Waals surface area contributed by atoms with Crippen LogP contribution in [0.4, 0.5) is 10.5 Å². The van der Waals surface area contributed by atoms with Gasteiger partial charge in [0.1, 0.15) is 13.2 Å². The lowest BCUT2D eigenvalue weighted by molar-refractivity contribution is -0.177. The summed E-state index contributed by atoms with van der Waals surface area (Å²) >= 11 is 0. The monoisotopic (exact) mass is 829 g/mol. The van der Waals surface area contributed by atoms with Crippen LogP contribution in [-0.2, 0) is 38.3 Å². The van der Waals surface area contributed by atoms with Gasteiger partial charge in [0, 0.05) is 68.7 Å². The zero-order chi connectivity index (χ0) is 43.5. The van der Waals surface area contributed by atoms with Gasteiger partial charge < -0.3 is 20.1 Å². The molecule has 0 aromatic heterocycles. The summed E-state index contributed by atoms with van der Waals surface area (Å²) in [6.07, 6.45) is 2.44. The Morgan fingerprint density at radius 2 is 1.28 bits per heavy atom. The first kappa shape index (κ1) is 43.9. The van der Waals surface area contributed by atoms with Gasteiger partial charge in [0.2, 0.25) is 11.8 Å². The number of nitrogens with zero attached hydrogens (tertiary/aromatic N) is 1. The molecule has 13 nitrogen and oxygen atoms in total. The second-order valence-corrected chi connectivity index (χ2v) is 15.2. The number of ether oxygens (including phenoxy) is 2. The summed E-state index contributed by atoms with van der Waals surface area (Å²) in [5, 5.41) is 6.08. The number of hydrogen-bond donors (Lipinski definition) is 2. The third kappa shape index (κ3) is 10.6. The molecule has 1 saturated heterocycles. The van der Waals surface area contributed by atoms with Gasteiger partial charge in [-0.2, -0.15) is 0 Å². The number of fused-ring (bicyclic) bond motifs is 6. The van der Waals surface area contributed by atoms with E-state index in [0.717, 1.165) is 41.5 Å². The van der Waals surface area contributed by atoms with Crippen LogP contribution < -0.4 is 10.6 Å². The molecule has 4 aromatic carbocycles. The van der Waals surface area contributed by atoms with Gasteiger partial charge in [-0.25, -0.2) is 4.79 Å². The number of esters is 1. The molecule has 0 radical (unpaired) electrons. The number of nitrogens with one attached hydrogen (secondary N) is 2. The molecule has 7 rings (SSSR count). The first-order chi connectivity index (χ1) is 29.5. The van der Waals surface area contributed by atoms with E-state index in [2.05, 4.69) is 34.9 Å². The summed E-state index contributed by atoms with van der Waals surface area (Å²) in [4.78, 5) is 89.6. The second kappa shape index (κ2) is 20.6. The molecule has 0 saturated carbocycles. The third-order valence-electron chi connectivity index (χ3n) is 10.8. The minimum atomic E-state index is -1.19. The molecular weight excluding hydrogens is 779 g/mol. The minimum Gasteiger partial charge on any atom is -0.465 e. The van der Waals surface area contributed by atoms with Crippen molar-refractivity contribution >= 4 is 47.2 Å². The molecule has 318 valence electrons. The van der Waals surface area contributed by atoms with Crippen molar-refractivity contribution in [2.75, 3.05) is 25.1 Å². The number of Topliss-reactive ketones (excluding diaryl/α,β-unsaturated/α-hetero) is 1. The fourth-order valence-corrected chi connectivity index (χ4v) is 7.91. The van der Waals surface area contributed by atoms with Crippen LogP contribution in [0.1, 0.15) is 123 Å². The molecule has 4 amide bonds. The summed E-state index contributed by atoms with van der Waals surface area (Å²) in [6.45, 7) is 6.27. The predicted octanol–water partition coefficient (Wildman–Crippen LogP) is 8.39. The van der Waals surface area contributed by atoms with Gasteiger partial charge in [-0.15, -0.1) is 0 Å². The lowest BCUT2D eigenvalue weighted by atomic mass is 9.93. The maximum Gasteiger partial charge on any atom is 0.533 e. The Kier molecular flexibility index (Phi) is 14.8. The first-order valence-electron chi connectivity index (χ1n) is 20.9. The molecule has 3 aliphatic rings. The molecule has 1 heterocycles. The van der Waals surface area contributed by atoms with Gasteiger partial charge in [0.25, 0.3) is 11.8 Å². The molecule has 13 heteroatoms. The van der Waals surface area contributed by atoms with E-state index < -0.39 is 23.9 Å². The zero-order valence-electron chi connectivity index (χ0n) is 34.8. The largest absolute Gasteiger partial charge is 0.533 e. The van der Waals surface area contributed by atoms with Gasteiger partial charge in [0.05, 0.1) is 0 Å². The van der Waals surface area contributed by atoms with Crippen LogP contribution in [0, 0.1) is 0 Å². The van der Waals surface area contributed by atoms with Crippen LogP contribution in [0.2, 0.25) is 0 Å². The van der Waals surface area contributed by atoms with Crippen molar-refractivity contribution in [1.29, 1.82) is 0 Å². The fourth-order valence-electron chi connectivity index (χ4n) is 7.91. The van der Waals surface area contributed by atoms with Gasteiger partial charge in [-0.3, -0.25) is 33.6 Å². The lowest BCUT2D eigenvalue weighted by Crippen LogP contribution is -2.32. The maximum atomic E-state index is 13.2. The summed E-state index contributed by atoms with van der Waals surface area (Å²) in [6, 6.07) is 27.4. The summed E-state index contributed by atoms with van der Waals surface area (Å²) in [7, 11) is 0. The number of amides is 4. The number of hydroxylamine groups is 2. The number of benzene rings is 4. The maximum absolute atomic E-state index is 13.2. The Morgan fingerprint density at radius 1 is 0.656 bits per heavy atom. The van der Waals surface area contributed by atoms with E-state index in [9.17, 15) is 33.6 Å². The zero-order valence-corrected chi connectivity index (χ0v) is 34.8. The fraction of sp³-hybridized carbons (Fsp3) is 0.354. The topological polar surface area (TPSA) is 174 Å². The van der Waals surface area contributed by atoms with Crippen LogP contribution >= 0.6 is 0 Å². The molecule has 4 aromatic rings.